The van der Waals surface area contributed by atoms with Crippen molar-refractivity contribution in [1.82, 2.24) is 9.88 Å². The highest BCUT2D eigenvalue weighted by Gasteiger charge is 2.46. The smallest absolute Gasteiger partial charge is 0.290 e. The van der Waals surface area contributed by atoms with Crippen LogP contribution in [0.15, 0.2) is 28.6 Å². The molecule has 12 heteroatoms. The second kappa shape index (κ2) is 11.0. The quantitative estimate of drug-likeness (QED) is 0.437. The van der Waals surface area contributed by atoms with Gasteiger partial charge < -0.3 is 10.4 Å². The van der Waals surface area contributed by atoms with Gasteiger partial charge in [0, 0.05) is 23.7 Å². The molecule has 0 radical (unpaired) electrons. The number of benzene rings is 1. The molecular weight excluding hydrogens is 515 g/mol. The molecule has 0 bridgehead atoms. The zero-order chi connectivity index (χ0) is 25.1. The average molecular weight is 545 g/mol. The highest BCUT2D eigenvalue weighted by molar-refractivity contribution is 7.93. The van der Waals surface area contributed by atoms with E-state index in [1.807, 2.05) is 0 Å². The van der Waals surface area contributed by atoms with Crippen LogP contribution in [0.2, 0.25) is 5.02 Å². The zero-order valence-corrected chi connectivity index (χ0v) is 21.6. The molecule has 3 aliphatic rings. The molecule has 1 saturated heterocycles. The Balaban J connectivity index is 0.000000917. The fourth-order valence-electron chi connectivity index (χ4n) is 5.21. The lowest BCUT2D eigenvalue weighted by molar-refractivity contribution is -0.122. The van der Waals surface area contributed by atoms with Crippen LogP contribution < -0.4 is 10.0 Å². The molecule has 2 aliphatic carbocycles. The zero-order valence-electron chi connectivity index (χ0n) is 19.3. The van der Waals surface area contributed by atoms with Crippen molar-refractivity contribution in [3.8, 4) is 0 Å². The lowest BCUT2D eigenvalue weighted by Crippen LogP contribution is -2.51. The lowest BCUT2D eigenvalue weighted by atomic mass is 9.85. The van der Waals surface area contributed by atoms with Crippen LogP contribution in [0, 0.1) is 11.2 Å². The SMILES string of the molecule is O=CO.O=S(=O)(Nc1nccs1)c1cc(Cl)c(N[C@H]2CCCC[C@@H]2N2CCC3(CC2)CC3)cc1F. The first-order chi connectivity index (χ1) is 16.8. The second-order valence-electron chi connectivity index (χ2n) is 9.45. The Morgan fingerprint density at radius 2 is 1.89 bits per heavy atom. The van der Waals surface area contributed by atoms with E-state index >= 15 is 0 Å². The summed E-state index contributed by atoms with van der Waals surface area (Å²) in [5, 5.41) is 12.4. The molecule has 8 nitrogen and oxygen atoms in total. The Bertz CT molecular complexity index is 1120. The van der Waals surface area contributed by atoms with Crippen LogP contribution in [-0.2, 0) is 14.8 Å². The molecule has 0 amide bonds. The van der Waals surface area contributed by atoms with E-state index in [2.05, 4.69) is 19.9 Å². The molecule has 1 aliphatic heterocycles. The maximum atomic E-state index is 14.9. The topological polar surface area (TPSA) is 112 Å². The van der Waals surface area contributed by atoms with Crippen LogP contribution >= 0.6 is 22.9 Å². The van der Waals surface area contributed by atoms with E-state index < -0.39 is 20.7 Å². The number of halogens is 2. The number of rotatable bonds is 6. The number of carbonyl (C=O) groups is 1. The third-order valence-electron chi connectivity index (χ3n) is 7.32. The summed E-state index contributed by atoms with van der Waals surface area (Å²) in [6.07, 6.45) is 11.2. The van der Waals surface area contributed by atoms with Gasteiger partial charge in [0.05, 0.1) is 10.7 Å². The molecule has 2 heterocycles. The first-order valence-electron chi connectivity index (χ1n) is 11.8. The van der Waals surface area contributed by atoms with Gasteiger partial charge in [0.15, 0.2) is 5.13 Å². The molecule has 5 rings (SSSR count). The molecule has 1 aromatic carbocycles. The van der Waals surface area contributed by atoms with Crippen molar-refractivity contribution in [3.05, 3.63) is 34.5 Å². The van der Waals surface area contributed by atoms with Crippen LogP contribution in [-0.4, -0.2) is 55.1 Å². The van der Waals surface area contributed by atoms with E-state index in [-0.39, 0.29) is 22.7 Å². The number of thiazole rings is 1. The van der Waals surface area contributed by atoms with Crippen molar-refractivity contribution in [2.24, 2.45) is 5.41 Å². The Morgan fingerprint density at radius 1 is 1.20 bits per heavy atom. The highest BCUT2D eigenvalue weighted by atomic mass is 35.5. The summed E-state index contributed by atoms with van der Waals surface area (Å²) >= 11 is 7.56. The van der Waals surface area contributed by atoms with Crippen molar-refractivity contribution in [2.75, 3.05) is 23.1 Å². The average Bonchev–Trinajstić information content (AvgIpc) is 3.38. The third kappa shape index (κ3) is 6.25. The molecule has 3 N–H and O–H groups in total. The maximum absolute atomic E-state index is 14.9. The molecule has 35 heavy (non-hydrogen) atoms. The predicted octanol–water partition coefficient (Wildman–Crippen LogP) is 5.04. The van der Waals surface area contributed by atoms with Gasteiger partial charge in [-0.25, -0.2) is 17.8 Å². The highest BCUT2D eigenvalue weighted by Crippen LogP contribution is 2.54. The fraction of sp³-hybridized carbons (Fsp3) is 0.565. The monoisotopic (exact) mass is 544 g/mol. The molecule has 2 aromatic rings. The van der Waals surface area contributed by atoms with Crippen molar-refractivity contribution < 1.29 is 22.7 Å². The molecule has 1 aromatic heterocycles. The number of likely N-dealkylation sites (tertiary alicyclic amines) is 1. The summed E-state index contributed by atoms with van der Waals surface area (Å²) in [4.78, 5) is 14.4. The number of nitrogens with one attached hydrogen (secondary N) is 2. The number of sulfonamides is 1. The van der Waals surface area contributed by atoms with Gasteiger partial charge in [-0.1, -0.05) is 24.4 Å². The van der Waals surface area contributed by atoms with Crippen molar-refractivity contribution >= 4 is 50.3 Å². The minimum absolute atomic E-state index is 0.171. The van der Waals surface area contributed by atoms with Gasteiger partial charge in [0.2, 0.25) is 0 Å². The summed E-state index contributed by atoms with van der Waals surface area (Å²) in [6.45, 7) is 2.01. The summed E-state index contributed by atoms with van der Waals surface area (Å²) in [5.74, 6) is -0.832. The summed E-state index contributed by atoms with van der Waals surface area (Å²) in [5.41, 5.74) is 1.08. The minimum atomic E-state index is -4.12. The Hall–Kier alpha value is -1.95. The number of anilines is 2. The minimum Gasteiger partial charge on any atom is -0.483 e. The van der Waals surface area contributed by atoms with Crippen LogP contribution in [0.5, 0.6) is 0 Å². The van der Waals surface area contributed by atoms with Crippen LogP contribution in [0.25, 0.3) is 0 Å². The largest absolute Gasteiger partial charge is 0.483 e. The number of nitrogens with zero attached hydrogens (tertiary/aromatic N) is 2. The van der Waals surface area contributed by atoms with E-state index in [0.29, 0.717) is 17.1 Å². The predicted molar refractivity (Wildman–Crippen MR) is 135 cm³/mol. The Kier molecular flexibility index (Phi) is 8.19. The molecule has 3 fully saturated rings. The molecule has 2 saturated carbocycles. The van der Waals surface area contributed by atoms with E-state index in [9.17, 15) is 12.8 Å². The van der Waals surface area contributed by atoms with Crippen LogP contribution in [0.3, 0.4) is 0 Å². The second-order valence-corrected chi connectivity index (χ2v) is 12.4. The van der Waals surface area contributed by atoms with Crippen molar-refractivity contribution in [3.63, 3.8) is 0 Å². The van der Waals surface area contributed by atoms with Gasteiger partial charge in [-0.05, 0) is 69.2 Å². The molecular formula is C23H30ClFN4O4S2. The van der Waals surface area contributed by atoms with Gasteiger partial charge >= 0.3 is 0 Å². The van der Waals surface area contributed by atoms with Gasteiger partial charge in [-0.3, -0.25) is 14.4 Å². The van der Waals surface area contributed by atoms with E-state index in [1.54, 1.807) is 5.38 Å². The Labute approximate surface area is 213 Å². The molecule has 192 valence electrons. The fourth-order valence-corrected chi connectivity index (χ4v) is 7.37. The van der Waals surface area contributed by atoms with Crippen LogP contribution in [0.4, 0.5) is 15.2 Å². The first-order valence-corrected chi connectivity index (χ1v) is 14.5. The van der Waals surface area contributed by atoms with Crippen molar-refractivity contribution in [2.45, 2.75) is 68.3 Å². The molecule has 1 spiro atoms. The van der Waals surface area contributed by atoms with Gasteiger partial charge in [-0.2, -0.15) is 0 Å². The molecule has 0 unspecified atom stereocenters. The number of hydrogen-bond acceptors (Lipinski definition) is 7. The number of hydrogen-bond donors (Lipinski definition) is 3. The van der Waals surface area contributed by atoms with E-state index in [1.165, 1.54) is 50.4 Å². The lowest BCUT2D eigenvalue weighted by Gasteiger charge is -2.44. The maximum Gasteiger partial charge on any atom is 0.290 e. The van der Waals surface area contributed by atoms with Crippen molar-refractivity contribution in [1.29, 1.82) is 0 Å². The third-order valence-corrected chi connectivity index (χ3v) is 9.80. The number of piperidine rings is 1. The number of aromatic nitrogens is 1. The van der Waals surface area contributed by atoms with Gasteiger partial charge in [0.1, 0.15) is 10.7 Å². The first kappa shape index (κ1) is 26.1. The summed E-state index contributed by atoms with van der Waals surface area (Å²) in [7, 11) is -4.12. The Morgan fingerprint density at radius 3 is 2.51 bits per heavy atom. The van der Waals surface area contributed by atoms with E-state index in [4.69, 9.17) is 21.5 Å². The van der Waals surface area contributed by atoms with Crippen LogP contribution in [0.1, 0.15) is 51.4 Å². The standard InChI is InChI=1S/C22H28ClFN4O2S2.CH2O2/c23-15-13-20(32(29,30)27-21-25-9-12-31-21)16(24)14-18(15)26-17-3-1-2-4-19(17)28-10-7-22(5-6-22)8-11-28;2-1-3/h9,12-14,17,19,26H,1-8,10-11H2,(H,25,27);1H,(H,2,3)/t17-,19-;/m0./s1. The summed E-state index contributed by atoms with van der Waals surface area (Å²) in [6, 6.07) is 2.96. The molecule has 2 atom stereocenters. The van der Waals surface area contributed by atoms with E-state index in [0.717, 1.165) is 43.7 Å². The van der Waals surface area contributed by atoms with Gasteiger partial charge in [0.25, 0.3) is 16.5 Å². The van der Waals surface area contributed by atoms with Gasteiger partial charge in [-0.15, -0.1) is 11.3 Å². The summed E-state index contributed by atoms with van der Waals surface area (Å²) < 4.78 is 42.4. The normalized spacial score (nSPS) is 23.7. The number of carboxylic acid groups (broad SMARTS) is 1.